The van der Waals surface area contributed by atoms with Crippen molar-refractivity contribution in [2.24, 2.45) is 46.3 Å². The van der Waals surface area contributed by atoms with Gasteiger partial charge < -0.3 is 33.5 Å². The van der Waals surface area contributed by atoms with Crippen LogP contribution in [0.3, 0.4) is 0 Å². The van der Waals surface area contributed by atoms with Crippen molar-refractivity contribution in [3.05, 3.63) is 119 Å². The van der Waals surface area contributed by atoms with E-state index >= 15 is 0 Å². The van der Waals surface area contributed by atoms with Crippen molar-refractivity contribution in [2.45, 2.75) is 155 Å². The highest BCUT2D eigenvalue weighted by molar-refractivity contribution is 5.72. The van der Waals surface area contributed by atoms with Crippen molar-refractivity contribution in [3.63, 3.8) is 0 Å². The van der Waals surface area contributed by atoms with E-state index < -0.39 is 30.7 Å². The van der Waals surface area contributed by atoms with Gasteiger partial charge in [0, 0.05) is 0 Å². The van der Waals surface area contributed by atoms with E-state index in [0.29, 0.717) is 49.4 Å². The van der Waals surface area contributed by atoms with Gasteiger partial charge in [0.2, 0.25) is 0 Å². The monoisotopic (exact) mass is 847 g/mol. The minimum atomic E-state index is -1.07. The molecule has 3 saturated carbocycles. The predicted octanol–water partition coefficient (Wildman–Crippen LogP) is 10.4. The summed E-state index contributed by atoms with van der Waals surface area (Å²) in [6.45, 7) is 10.9. The van der Waals surface area contributed by atoms with Crippen LogP contribution < -0.4 is 0 Å². The third-order valence-corrected chi connectivity index (χ3v) is 16.8. The first kappa shape index (κ1) is 43.9. The number of fused-ring (bicyclic) bond motifs is 5. The first-order valence-corrected chi connectivity index (χ1v) is 23.9. The van der Waals surface area contributed by atoms with E-state index in [1.807, 2.05) is 85.8 Å². The van der Waals surface area contributed by atoms with Gasteiger partial charge in [0.15, 0.2) is 6.29 Å². The van der Waals surface area contributed by atoms with Crippen molar-refractivity contribution >= 4 is 5.97 Å². The van der Waals surface area contributed by atoms with Crippen LogP contribution in [0.5, 0.6) is 0 Å². The number of carbonyl (C=O) groups excluding carboxylic acids is 1. The zero-order valence-electron chi connectivity index (χ0n) is 37.4. The van der Waals surface area contributed by atoms with Gasteiger partial charge in [0.25, 0.3) is 0 Å². The molecule has 3 aromatic carbocycles. The minimum Gasteiger partial charge on any atom is -0.462 e. The predicted molar refractivity (Wildman–Crippen MR) is 238 cm³/mol. The average Bonchev–Trinajstić information content (AvgIpc) is 3.65. The topological polar surface area (TPSA) is 92.7 Å². The number of benzene rings is 3. The van der Waals surface area contributed by atoms with Gasteiger partial charge >= 0.3 is 5.97 Å². The lowest BCUT2D eigenvalue weighted by Gasteiger charge is -2.59. The van der Waals surface area contributed by atoms with Gasteiger partial charge in [0.1, 0.15) is 30.5 Å². The number of hydrogen-bond acceptors (Lipinski definition) is 8. The highest BCUT2D eigenvalue weighted by Crippen LogP contribution is 2.67. The Morgan fingerprint density at radius 1 is 0.758 bits per heavy atom. The fraction of sp³-hybridized carbons (Fsp3) is 0.611. The quantitative estimate of drug-likeness (QED) is 0.127. The molecule has 334 valence electrons. The molecule has 1 N–H and O–H groups in total. The Hall–Kier alpha value is -3.37. The zero-order valence-corrected chi connectivity index (χ0v) is 37.4. The fourth-order valence-electron chi connectivity index (χ4n) is 13.3. The summed E-state index contributed by atoms with van der Waals surface area (Å²) >= 11 is 0. The summed E-state index contributed by atoms with van der Waals surface area (Å²) in [5.41, 5.74) is 5.08. The maximum atomic E-state index is 12.6. The second kappa shape index (κ2) is 19.0. The van der Waals surface area contributed by atoms with Crippen LogP contribution in [-0.2, 0) is 53.0 Å². The van der Waals surface area contributed by atoms with Crippen molar-refractivity contribution in [2.75, 3.05) is 6.61 Å². The molecule has 15 atom stereocenters. The molecule has 0 amide bonds. The molecule has 0 bridgehead atoms. The molecular weight excluding hydrogens is 777 g/mol. The van der Waals surface area contributed by atoms with Gasteiger partial charge in [-0.1, -0.05) is 130 Å². The van der Waals surface area contributed by atoms with E-state index in [2.05, 4.69) is 39.0 Å². The summed E-state index contributed by atoms with van der Waals surface area (Å²) in [7, 11) is 0. The fourth-order valence-corrected chi connectivity index (χ4v) is 13.3. The van der Waals surface area contributed by atoms with Crippen LogP contribution in [0.15, 0.2) is 103 Å². The highest BCUT2D eigenvalue weighted by atomic mass is 16.7. The van der Waals surface area contributed by atoms with Gasteiger partial charge in [-0.25, -0.2) is 0 Å². The molecule has 0 radical (unpaired) electrons. The molecule has 2 saturated heterocycles. The molecule has 3 aromatic rings. The van der Waals surface area contributed by atoms with Crippen LogP contribution in [-0.4, -0.2) is 60.6 Å². The smallest absolute Gasteiger partial charge is 0.308 e. The number of aliphatic hydroxyl groups excluding tert-OH is 1. The lowest BCUT2D eigenvalue weighted by Crippen LogP contribution is -2.61. The maximum Gasteiger partial charge on any atom is 0.308 e. The zero-order chi connectivity index (χ0) is 42.8. The van der Waals surface area contributed by atoms with Crippen LogP contribution >= 0.6 is 0 Å². The number of rotatable bonds is 14. The third-order valence-electron chi connectivity index (χ3n) is 16.8. The molecule has 4 aliphatic carbocycles. The Labute approximate surface area is 370 Å². The molecular formula is C54H70O8. The molecule has 8 heteroatoms. The number of allylic oxidation sites excluding steroid dienone is 1. The van der Waals surface area contributed by atoms with E-state index in [4.69, 9.17) is 28.4 Å². The average molecular weight is 847 g/mol. The molecule has 2 heterocycles. The van der Waals surface area contributed by atoms with E-state index in [9.17, 15) is 9.90 Å². The maximum absolute atomic E-state index is 12.6. The van der Waals surface area contributed by atoms with Gasteiger partial charge in [-0.05, 0) is 121 Å². The number of cyclic esters (lactones) is 1. The summed E-state index contributed by atoms with van der Waals surface area (Å²) in [6.07, 6.45) is 9.66. The van der Waals surface area contributed by atoms with Crippen LogP contribution in [0.1, 0.15) is 109 Å². The van der Waals surface area contributed by atoms with E-state index in [1.165, 1.54) is 31.3 Å². The lowest BCUT2D eigenvalue weighted by atomic mass is 9.47. The van der Waals surface area contributed by atoms with Crippen molar-refractivity contribution in [1.29, 1.82) is 0 Å². The van der Waals surface area contributed by atoms with Crippen LogP contribution in [0.2, 0.25) is 0 Å². The summed E-state index contributed by atoms with van der Waals surface area (Å²) in [5.74, 6) is 3.07. The highest BCUT2D eigenvalue weighted by Gasteiger charge is 2.60. The molecule has 1 unspecified atom stereocenters. The number of esters is 1. The number of aliphatic hydroxyl groups is 1. The number of hydrogen-bond donors (Lipinski definition) is 1. The minimum absolute atomic E-state index is 0.000511. The molecule has 62 heavy (non-hydrogen) atoms. The van der Waals surface area contributed by atoms with Gasteiger partial charge in [-0.3, -0.25) is 4.79 Å². The Bertz CT molecular complexity index is 1960. The summed E-state index contributed by atoms with van der Waals surface area (Å²) < 4.78 is 39.4. The standard InChI is InChI=1S/C54H70O8/c1-35-20-25-46(61-51(35)56)36(2)43-23-24-44-42-22-21-40-30-41(26-28-53(40,3)45(42)27-29-54(43,44)4)60-52-48(55)50(59-33-39-18-12-7-13-19-39)49(58-32-38-16-10-6-11-17-38)47(62-52)34-57-31-37-14-8-5-9-15-37/h5-19,21,35-36,41-50,52,55H,20,22-34H2,1-4H3/t35?,36-,41-,42-,43+,44-,45-,46+,47+,48+,49+,50+,52-,53-,54+/m0/s1. The molecule has 0 spiro atoms. The molecule has 2 aliphatic heterocycles. The van der Waals surface area contributed by atoms with Crippen LogP contribution in [0.25, 0.3) is 0 Å². The van der Waals surface area contributed by atoms with Crippen molar-refractivity contribution < 1.29 is 38.3 Å². The second-order valence-electron chi connectivity index (χ2n) is 20.4. The first-order valence-electron chi connectivity index (χ1n) is 23.9. The second-order valence-corrected chi connectivity index (χ2v) is 20.4. The molecule has 9 rings (SSSR count). The SMILES string of the molecule is CC1CC[C@H]([C@@H](C)[C@H]2CC[C@H]3[C@@H]4CC=C5C[C@@H](O[C@H]6O[C@H](COCc7ccccc7)[C@@H](OCc7ccccc7)[C@H](OCc7ccccc7)[C@H]6O)CC[C@]5(C)[C@H]4CC[C@]23C)OC1=O. The van der Waals surface area contributed by atoms with Crippen LogP contribution in [0, 0.1) is 46.3 Å². The Balaban J connectivity index is 0.899. The normalized spacial score (nSPS) is 38.5. The van der Waals surface area contributed by atoms with Crippen molar-refractivity contribution in [3.8, 4) is 0 Å². The Morgan fingerprint density at radius 3 is 2.06 bits per heavy atom. The van der Waals surface area contributed by atoms with Gasteiger partial charge in [-0.15, -0.1) is 0 Å². The molecule has 0 aromatic heterocycles. The third kappa shape index (κ3) is 8.99. The largest absolute Gasteiger partial charge is 0.462 e. The lowest BCUT2D eigenvalue weighted by molar-refractivity contribution is -0.328. The van der Waals surface area contributed by atoms with Crippen LogP contribution in [0.4, 0.5) is 0 Å². The molecule has 8 nitrogen and oxygen atoms in total. The van der Waals surface area contributed by atoms with Gasteiger partial charge in [-0.2, -0.15) is 0 Å². The van der Waals surface area contributed by atoms with E-state index in [0.717, 1.165) is 55.2 Å². The summed E-state index contributed by atoms with van der Waals surface area (Å²) in [5, 5.41) is 12.2. The van der Waals surface area contributed by atoms with Gasteiger partial charge in [0.05, 0.1) is 38.4 Å². The Morgan fingerprint density at radius 2 is 1.40 bits per heavy atom. The summed E-state index contributed by atoms with van der Waals surface area (Å²) in [6, 6.07) is 30.3. The van der Waals surface area contributed by atoms with E-state index in [-0.39, 0.29) is 41.5 Å². The Kier molecular flexibility index (Phi) is 13.4. The van der Waals surface area contributed by atoms with Crippen molar-refractivity contribution in [1.82, 2.24) is 0 Å². The van der Waals surface area contributed by atoms with E-state index in [1.54, 1.807) is 0 Å². The number of carbonyl (C=O) groups is 1. The number of ether oxygens (including phenoxy) is 6. The first-order chi connectivity index (χ1) is 30.1. The molecule has 5 fully saturated rings. The summed E-state index contributed by atoms with van der Waals surface area (Å²) in [4.78, 5) is 12.6. The molecule has 6 aliphatic rings.